The lowest BCUT2D eigenvalue weighted by atomic mass is 9.96. The molecule has 0 radical (unpaired) electrons. The molecule has 1 amide bonds. The molecule has 3 rings (SSSR count). The van der Waals surface area contributed by atoms with Gasteiger partial charge in [-0.3, -0.25) is 4.79 Å². The number of aliphatic hydroxyl groups is 1. The smallest absolute Gasteiger partial charge is 0.340 e. The SMILES string of the molecule is CN(C1CCCCC1)S(=O)(=O)c1ccccc1NC(=O)COC(=O)c1ccccc1NCCO. The molecule has 1 aliphatic carbocycles. The molecule has 1 fully saturated rings. The summed E-state index contributed by atoms with van der Waals surface area (Å²) in [6.45, 7) is -0.435. The Morgan fingerprint density at radius 3 is 2.38 bits per heavy atom. The highest BCUT2D eigenvalue weighted by Crippen LogP contribution is 2.29. The molecule has 34 heavy (non-hydrogen) atoms. The number of ether oxygens (including phenoxy) is 1. The first kappa shape index (κ1) is 25.7. The molecule has 0 atom stereocenters. The first-order valence-electron chi connectivity index (χ1n) is 11.3. The Morgan fingerprint density at radius 1 is 1.03 bits per heavy atom. The molecular weight excluding hydrogens is 458 g/mol. The third kappa shape index (κ3) is 6.34. The van der Waals surface area contributed by atoms with Gasteiger partial charge in [-0.15, -0.1) is 0 Å². The van der Waals surface area contributed by atoms with Gasteiger partial charge in [-0.2, -0.15) is 4.31 Å². The van der Waals surface area contributed by atoms with Crippen molar-refractivity contribution in [3.63, 3.8) is 0 Å². The summed E-state index contributed by atoms with van der Waals surface area (Å²) in [7, 11) is -2.24. The molecule has 0 unspecified atom stereocenters. The zero-order chi connectivity index (χ0) is 24.6. The Hall–Kier alpha value is -2.95. The van der Waals surface area contributed by atoms with Gasteiger partial charge >= 0.3 is 5.97 Å². The zero-order valence-corrected chi connectivity index (χ0v) is 20.0. The van der Waals surface area contributed by atoms with E-state index >= 15 is 0 Å². The summed E-state index contributed by atoms with van der Waals surface area (Å²) in [5.74, 6) is -1.37. The second-order valence-electron chi connectivity index (χ2n) is 8.13. The number of amides is 1. The number of para-hydroxylation sites is 2. The van der Waals surface area contributed by atoms with E-state index < -0.39 is 28.5 Å². The van der Waals surface area contributed by atoms with Crippen molar-refractivity contribution in [2.45, 2.75) is 43.0 Å². The van der Waals surface area contributed by atoms with Gasteiger partial charge in [-0.25, -0.2) is 13.2 Å². The van der Waals surface area contributed by atoms with Crippen LogP contribution in [0, 0.1) is 0 Å². The van der Waals surface area contributed by atoms with Gasteiger partial charge in [-0.05, 0) is 37.1 Å². The highest BCUT2D eigenvalue weighted by molar-refractivity contribution is 7.89. The monoisotopic (exact) mass is 489 g/mol. The molecule has 0 saturated heterocycles. The number of hydrogen-bond acceptors (Lipinski definition) is 7. The highest BCUT2D eigenvalue weighted by Gasteiger charge is 2.31. The van der Waals surface area contributed by atoms with Crippen LogP contribution in [0.15, 0.2) is 53.4 Å². The summed E-state index contributed by atoms with van der Waals surface area (Å²) >= 11 is 0. The van der Waals surface area contributed by atoms with Crippen LogP contribution in [0.2, 0.25) is 0 Å². The quantitative estimate of drug-likeness (QED) is 0.438. The van der Waals surface area contributed by atoms with Gasteiger partial charge in [0.25, 0.3) is 5.91 Å². The Balaban J connectivity index is 1.67. The fourth-order valence-corrected chi connectivity index (χ4v) is 5.55. The fraction of sp³-hybridized carbons (Fsp3) is 0.417. The number of aliphatic hydroxyl groups excluding tert-OH is 1. The van der Waals surface area contributed by atoms with Crippen LogP contribution in [-0.2, 0) is 19.6 Å². The van der Waals surface area contributed by atoms with Crippen molar-refractivity contribution >= 4 is 33.3 Å². The van der Waals surface area contributed by atoms with Crippen LogP contribution in [0.5, 0.6) is 0 Å². The van der Waals surface area contributed by atoms with Crippen molar-refractivity contribution in [1.29, 1.82) is 0 Å². The average molecular weight is 490 g/mol. The molecule has 2 aromatic rings. The molecule has 1 aliphatic rings. The number of hydrogen-bond donors (Lipinski definition) is 3. The lowest BCUT2D eigenvalue weighted by Crippen LogP contribution is -2.38. The van der Waals surface area contributed by atoms with Crippen LogP contribution in [-0.4, -0.2) is 62.6 Å². The summed E-state index contributed by atoms with van der Waals surface area (Å²) in [4.78, 5) is 25.0. The van der Waals surface area contributed by atoms with E-state index in [9.17, 15) is 18.0 Å². The predicted molar refractivity (Wildman–Crippen MR) is 129 cm³/mol. The molecule has 0 heterocycles. The Kier molecular flexibility index (Phi) is 9.03. The Morgan fingerprint density at radius 2 is 1.68 bits per heavy atom. The van der Waals surface area contributed by atoms with Crippen molar-refractivity contribution in [1.82, 2.24) is 4.31 Å². The molecule has 1 saturated carbocycles. The summed E-state index contributed by atoms with van der Waals surface area (Å²) in [6, 6.07) is 12.7. The predicted octanol–water partition coefficient (Wildman–Crippen LogP) is 2.84. The Bertz CT molecular complexity index is 1100. The normalized spacial score (nSPS) is 14.6. The number of nitrogens with one attached hydrogen (secondary N) is 2. The molecule has 184 valence electrons. The first-order valence-corrected chi connectivity index (χ1v) is 12.8. The average Bonchev–Trinajstić information content (AvgIpc) is 2.86. The van der Waals surface area contributed by atoms with Gasteiger partial charge in [0.1, 0.15) is 4.90 Å². The number of rotatable bonds is 10. The minimum absolute atomic E-state index is 0.00120. The largest absolute Gasteiger partial charge is 0.452 e. The maximum atomic E-state index is 13.3. The van der Waals surface area contributed by atoms with Crippen molar-refractivity contribution in [2.75, 3.05) is 37.4 Å². The van der Waals surface area contributed by atoms with E-state index in [0.717, 1.165) is 32.1 Å². The van der Waals surface area contributed by atoms with Gasteiger partial charge in [0.15, 0.2) is 6.61 Å². The minimum Gasteiger partial charge on any atom is -0.452 e. The Labute approximate surface area is 200 Å². The van der Waals surface area contributed by atoms with E-state index in [1.165, 1.54) is 16.4 Å². The molecule has 9 nitrogen and oxygen atoms in total. The van der Waals surface area contributed by atoms with Crippen LogP contribution in [0.4, 0.5) is 11.4 Å². The van der Waals surface area contributed by atoms with Crippen molar-refractivity contribution < 1.29 is 27.9 Å². The molecule has 10 heteroatoms. The lowest BCUT2D eigenvalue weighted by Gasteiger charge is -2.30. The van der Waals surface area contributed by atoms with E-state index in [-0.39, 0.29) is 35.3 Å². The van der Waals surface area contributed by atoms with Gasteiger partial charge < -0.3 is 20.5 Å². The topological polar surface area (TPSA) is 125 Å². The zero-order valence-electron chi connectivity index (χ0n) is 19.2. The summed E-state index contributed by atoms with van der Waals surface area (Å²) in [5.41, 5.74) is 0.834. The van der Waals surface area contributed by atoms with Crippen LogP contribution < -0.4 is 10.6 Å². The van der Waals surface area contributed by atoms with E-state index in [4.69, 9.17) is 9.84 Å². The second-order valence-corrected chi connectivity index (χ2v) is 10.1. The van der Waals surface area contributed by atoms with Crippen LogP contribution >= 0.6 is 0 Å². The summed E-state index contributed by atoms with van der Waals surface area (Å²) in [5, 5.41) is 14.5. The number of sulfonamides is 1. The van der Waals surface area contributed by atoms with Crippen LogP contribution in [0.3, 0.4) is 0 Å². The molecular formula is C24H31N3O6S. The number of esters is 1. The summed E-state index contributed by atoms with van der Waals surface area (Å²) in [6.07, 6.45) is 4.72. The van der Waals surface area contributed by atoms with E-state index in [0.29, 0.717) is 5.69 Å². The maximum Gasteiger partial charge on any atom is 0.340 e. The molecule has 0 bridgehead atoms. The number of benzene rings is 2. The van der Waals surface area contributed by atoms with Crippen molar-refractivity contribution in [3.8, 4) is 0 Å². The first-order chi connectivity index (χ1) is 16.3. The highest BCUT2D eigenvalue weighted by atomic mass is 32.2. The lowest BCUT2D eigenvalue weighted by molar-refractivity contribution is -0.119. The second kappa shape index (κ2) is 12.0. The number of carbonyl (C=O) groups excluding carboxylic acids is 2. The van der Waals surface area contributed by atoms with Crippen molar-refractivity contribution in [3.05, 3.63) is 54.1 Å². The molecule has 0 aliphatic heterocycles. The molecule has 0 aromatic heterocycles. The standard InChI is InChI=1S/C24H31N3O6S/c1-27(18-9-3-2-4-10-18)34(31,32)22-14-8-7-13-21(22)26-23(29)17-33-24(30)19-11-5-6-12-20(19)25-15-16-28/h5-8,11-14,18,25,28H,2-4,9-10,15-17H2,1H3,(H,26,29). The minimum atomic E-state index is -3.82. The third-order valence-electron chi connectivity index (χ3n) is 5.82. The molecule has 3 N–H and O–H groups in total. The fourth-order valence-electron chi connectivity index (χ4n) is 3.99. The van der Waals surface area contributed by atoms with Gasteiger partial charge in [0.05, 0.1) is 17.9 Å². The number of anilines is 2. The van der Waals surface area contributed by atoms with Gasteiger partial charge in [0.2, 0.25) is 10.0 Å². The van der Waals surface area contributed by atoms with Crippen LogP contribution in [0.1, 0.15) is 42.5 Å². The maximum absolute atomic E-state index is 13.3. The molecule has 2 aromatic carbocycles. The van der Waals surface area contributed by atoms with E-state index in [1.807, 2.05) is 0 Å². The van der Waals surface area contributed by atoms with Crippen LogP contribution in [0.25, 0.3) is 0 Å². The number of nitrogens with zero attached hydrogens (tertiary/aromatic N) is 1. The third-order valence-corrected chi connectivity index (χ3v) is 7.78. The number of carbonyl (C=O) groups is 2. The van der Waals surface area contributed by atoms with Gasteiger partial charge in [-0.1, -0.05) is 43.5 Å². The van der Waals surface area contributed by atoms with Crippen molar-refractivity contribution in [2.24, 2.45) is 0 Å². The summed E-state index contributed by atoms with van der Waals surface area (Å²) < 4.78 is 33.1. The van der Waals surface area contributed by atoms with E-state index in [2.05, 4.69) is 10.6 Å². The molecule has 0 spiro atoms. The van der Waals surface area contributed by atoms with Gasteiger partial charge in [0, 0.05) is 25.3 Å². The van der Waals surface area contributed by atoms with E-state index in [1.54, 1.807) is 43.4 Å².